The quantitative estimate of drug-likeness (QED) is 0.684. The standard InChI is InChI=1S/C23H34ClN3/c1-18(2)23(26-13-9-19-4-3-12-25-16-19)17-27-14-10-21(11-15-27)20-5-7-22(24)8-6-20/h3-8,12,18,21,23,25-26H,9-11,13-17H2,1-2H3/t23-/m0/s1. The van der Waals surface area contributed by atoms with Crippen molar-refractivity contribution in [1.82, 2.24) is 15.5 Å². The van der Waals surface area contributed by atoms with Gasteiger partial charge in [0.15, 0.2) is 0 Å². The zero-order chi connectivity index (χ0) is 19.1. The molecular formula is C23H34ClN3. The second-order valence-corrected chi connectivity index (χ2v) is 8.68. The summed E-state index contributed by atoms with van der Waals surface area (Å²) in [6.45, 7) is 10.3. The van der Waals surface area contributed by atoms with Crippen molar-refractivity contribution >= 4 is 11.6 Å². The number of piperidine rings is 1. The second-order valence-electron chi connectivity index (χ2n) is 8.25. The van der Waals surface area contributed by atoms with Crippen LogP contribution in [0.2, 0.25) is 5.02 Å². The van der Waals surface area contributed by atoms with Gasteiger partial charge in [-0.15, -0.1) is 0 Å². The first kappa shape index (κ1) is 20.4. The molecule has 27 heavy (non-hydrogen) atoms. The van der Waals surface area contributed by atoms with Gasteiger partial charge in [0.1, 0.15) is 0 Å². The van der Waals surface area contributed by atoms with E-state index >= 15 is 0 Å². The molecule has 2 N–H and O–H groups in total. The van der Waals surface area contributed by atoms with E-state index in [0.717, 1.165) is 31.1 Å². The summed E-state index contributed by atoms with van der Waals surface area (Å²) >= 11 is 6.03. The Morgan fingerprint density at radius 1 is 1.19 bits per heavy atom. The molecule has 4 heteroatoms. The van der Waals surface area contributed by atoms with Crippen LogP contribution in [0.25, 0.3) is 0 Å². The molecule has 0 aromatic heterocycles. The van der Waals surface area contributed by atoms with E-state index in [9.17, 15) is 0 Å². The average Bonchev–Trinajstić information content (AvgIpc) is 2.69. The molecule has 0 bridgehead atoms. The third-order valence-electron chi connectivity index (χ3n) is 5.92. The van der Waals surface area contributed by atoms with E-state index in [-0.39, 0.29) is 0 Å². The number of hydrogen-bond acceptors (Lipinski definition) is 3. The lowest BCUT2D eigenvalue weighted by atomic mass is 9.89. The first-order valence-electron chi connectivity index (χ1n) is 10.4. The molecular weight excluding hydrogens is 354 g/mol. The number of halogens is 1. The van der Waals surface area contributed by atoms with E-state index in [2.05, 4.69) is 53.7 Å². The summed E-state index contributed by atoms with van der Waals surface area (Å²) in [4.78, 5) is 2.65. The number of hydrogen-bond donors (Lipinski definition) is 2. The molecule has 1 aromatic carbocycles. The fourth-order valence-corrected chi connectivity index (χ4v) is 4.19. The number of dihydropyridines is 1. The number of allylic oxidation sites excluding steroid dienone is 2. The van der Waals surface area contributed by atoms with E-state index in [1.807, 2.05) is 18.3 Å². The molecule has 0 radical (unpaired) electrons. The summed E-state index contributed by atoms with van der Waals surface area (Å²) in [5.74, 6) is 1.33. The van der Waals surface area contributed by atoms with Crippen molar-refractivity contribution in [1.29, 1.82) is 0 Å². The monoisotopic (exact) mass is 387 g/mol. The third-order valence-corrected chi connectivity index (χ3v) is 6.17. The topological polar surface area (TPSA) is 27.3 Å². The summed E-state index contributed by atoms with van der Waals surface area (Å²) in [6, 6.07) is 9.00. The van der Waals surface area contributed by atoms with E-state index < -0.39 is 0 Å². The highest BCUT2D eigenvalue weighted by molar-refractivity contribution is 6.30. The van der Waals surface area contributed by atoms with Gasteiger partial charge in [0.2, 0.25) is 0 Å². The fraction of sp³-hybridized carbons (Fsp3) is 0.565. The largest absolute Gasteiger partial charge is 0.387 e. The highest BCUT2D eigenvalue weighted by Crippen LogP contribution is 2.29. The number of likely N-dealkylation sites (tertiary alicyclic amines) is 1. The molecule has 1 saturated heterocycles. The second kappa shape index (κ2) is 10.3. The zero-order valence-electron chi connectivity index (χ0n) is 16.8. The molecule has 2 aliphatic rings. The summed E-state index contributed by atoms with van der Waals surface area (Å²) in [5.41, 5.74) is 2.93. The molecule has 0 unspecified atom stereocenters. The van der Waals surface area contributed by atoms with Crippen LogP contribution in [0.15, 0.2) is 48.2 Å². The van der Waals surface area contributed by atoms with Crippen molar-refractivity contribution in [2.45, 2.75) is 45.1 Å². The van der Waals surface area contributed by atoms with E-state index in [4.69, 9.17) is 11.6 Å². The normalized spacial score (nSPS) is 19.8. The Kier molecular flexibility index (Phi) is 7.81. The Morgan fingerprint density at radius 2 is 1.93 bits per heavy atom. The summed E-state index contributed by atoms with van der Waals surface area (Å²) in [5, 5.41) is 7.94. The molecule has 0 amide bonds. The van der Waals surface area contributed by atoms with Crippen molar-refractivity contribution in [2.24, 2.45) is 5.92 Å². The van der Waals surface area contributed by atoms with Crippen LogP contribution in [0.4, 0.5) is 0 Å². The lowest BCUT2D eigenvalue weighted by Crippen LogP contribution is -2.46. The van der Waals surface area contributed by atoms with Crippen LogP contribution in [0, 0.1) is 5.92 Å². The Hall–Kier alpha value is -1.29. The average molecular weight is 388 g/mol. The molecule has 2 heterocycles. The molecule has 0 spiro atoms. The Bertz CT molecular complexity index is 628. The van der Waals surface area contributed by atoms with E-state index in [1.54, 1.807) is 0 Å². The summed E-state index contributed by atoms with van der Waals surface area (Å²) < 4.78 is 0. The van der Waals surface area contributed by atoms with Crippen LogP contribution in [0.1, 0.15) is 44.6 Å². The maximum atomic E-state index is 6.03. The minimum Gasteiger partial charge on any atom is -0.387 e. The number of benzene rings is 1. The number of rotatable bonds is 8. The Balaban J connectivity index is 1.43. The molecule has 1 atom stereocenters. The lowest BCUT2D eigenvalue weighted by Gasteiger charge is -2.36. The molecule has 1 fully saturated rings. The van der Waals surface area contributed by atoms with Gasteiger partial charge in [-0.2, -0.15) is 0 Å². The van der Waals surface area contributed by atoms with Crippen molar-refractivity contribution in [3.05, 3.63) is 58.8 Å². The van der Waals surface area contributed by atoms with Gasteiger partial charge >= 0.3 is 0 Å². The van der Waals surface area contributed by atoms with Crippen LogP contribution >= 0.6 is 11.6 Å². The minimum absolute atomic E-state index is 0.560. The number of nitrogens with zero attached hydrogens (tertiary/aromatic N) is 1. The molecule has 0 saturated carbocycles. The van der Waals surface area contributed by atoms with Gasteiger partial charge in [-0.25, -0.2) is 0 Å². The van der Waals surface area contributed by atoms with E-state index in [0.29, 0.717) is 17.9 Å². The van der Waals surface area contributed by atoms with Gasteiger partial charge in [-0.3, -0.25) is 0 Å². The molecule has 2 aliphatic heterocycles. The SMILES string of the molecule is CC(C)[C@H](CN1CCC(c2ccc(Cl)cc2)CC1)NCCC1=CC=CNC1. The van der Waals surface area contributed by atoms with Crippen LogP contribution in [-0.4, -0.2) is 43.7 Å². The molecule has 0 aliphatic carbocycles. The summed E-state index contributed by atoms with van der Waals surface area (Å²) in [6.07, 6.45) is 9.98. The highest BCUT2D eigenvalue weighted by atomic mass is 35.5. The first-order chi connectivity index (χ1) is 13.1. The maximum Gasteiger partial charge on any atom is 0.0406 e. The Morgan fingerprint density at radius 3 is 2.56 bits per heavy atom. The van der Waals surface area contributed by atoms with Gasteiger partial charge in [0.05, 0.1) is 0 Å². The zero-order valence-corrected chi connectivity index (χ0v) is 17.5. The predicted octanol–water partition coefficient (Wildman–Crippen LogP) is 4.57. The number of nitrogens with one attached hydrogen (secondary N) is 2. The van der Waals surface area contributed by atoms with Crippen LogP contribution in [-0.2, 0) is 0 Å². The first-order valence-corrected chi connectivity index (χ1v) is 10.8. The highest BCUT2D eigenvalue weighted by Gasteiger charge is 2.23. The molecule has 1 aromatic rings. The predicted molar refractivity (Wildman–Crippen MR) is 116 cm³/mol. The van der Waals surface area contributed by atoms with Crippen LogP contribution in [0.5, 0.6) is 0 Å². The van der Waals surface area contributed by atoms with Crippen molar-refractivity contribution in [3.63, 3.8) is 0 Å². The molecule has 3 nitrogen and oxygen atoms in total. The molecule has 148 valence electrons. The van der Waals surface area contributed by atoms with Crippen LogP contribution < -0.4 is 10.6 Å². The van der Waals surface area contributed by atoms with Gasteiger partial charge < -0.3 is 15.5 Å². The Labute approximate surface area is 169 Å². The summed E-state index contributed by atoms with van der Waals surface area (Å²) in [7, 11) is 0. The fourth-order valence-electron chi connectivity index (χ4n) is 4.06. The third kappa shape index (κ3) is 6.38. The van der Waals surface area contributed by atoms with Gasteiger partial charge in [-0.1, -0.05) is 43.7 Å². The smallest absolute Gasteiger partial charge is 0.0406 e. The lowest BCUT2D eigenvalue weighted by molar-refractivity contribution is 0.176. The van der Waals surface area contributed by atoms with Gasteiger partial charge in [0, 0.05) is 24.2 Å². The van der Waals surface area contributed by atoms with E-state index in [1.165, 1.54) is 37.1 Å². The molecule has 3 rings (SSSR count). The van der Waals surface area contributed by atoms with Crippen molar-refractivity contribution in [2.75, 3.05) is 32.7 Å². The van der Waals surface area contributed by atoms with Gasteiger partial charge in [-0.05, 0) is 86.3 Å². The maximum absolute atomic E-state index is 6.03. The van der Waals surface area contributed by atoms with Crippen molar-refractivity contribution in [3.8, 4) is 0 Å². The van der Waals surface area contributed by atoms with Gasteiger partial charge in [0.25, 0.3) is 0 Å². The van der Waals surface area contributed by atoms with Crippen LogP contribution in [0.3, 0.4) is 0 Å². The minimum atomic E-state index is 0.560. The van der Waals surface area contributed by atoms with Crippen molar-refractivity contribution < 1.29 is 0 Å².